The summed E-state index contributed by atoms with van der Waals surface area (Å²) >= 11 is 3.03. The Hall–Kier alpha value is -2.32. The number of carbonyl (C=O) groups is 1. The molecule has 0 bridgehead atoms. The Kier molecular flexibility index (Phi) is 6.64. The van der Waals surface area contributed by atoms with Gasteiger partial charge in [-0.1, -0.05) is 38.3 Å². The highest BCUT2D eigenvalue weighted by atomic mass is 32.2. The van der Waals surface area contributed by atoms with E-state index >= 15 is 0 Å². The predicted molar refractivity (Wildman–Crippen MR) is 119 cm³/mol. The molecule has 2 N–H and O–H groups in total. The summed E-state index contributed by atoms with van der Waals surface area (Å²) in [4.78, 5) is 34.4. The lowest BCUT2D eigenvalue weighted by Crippen LogP contribution is -2.31. The summed E-state index contributed by atoms with van der Waals surface area (Å²) in [6.07, 6.45) is 1.52. The fraction of sp³-hybridized carbons (Fsp3) is 0.381. The van der Waals surface area contributed by atoms with Crippen LogP contribution in [0.4, 0.5) is 5.82 Å². The number of ether oxygens (including phenoxy) is 1. The third kappa shape index (κ3) is 4.48. The van der Waals surface area contributed by atoms with Gasteiger partial charge < -0.3 is 15.0 Å². The number of carbonyl (C=O) groups excluding carboxylic acids is 1. The summed E-state index contributed by atoms with van der Waals surface area (Å²) < 4.78 is 5.33. The minimum atomic E-state index is -0.524. The van der Waals surface area contributed by atoms with E-state index in [1.165, 1.54) is 29.2 Å². The first-order chi connectivity index (χ1) is 13.8. The number of esters is 1. The molecule has 1 aliphatic heterocycles. The number of allylic oxidation sites excluding steroid dienone is 1. The maximum absolute atomic E-state index is 13.1. The molecule has 29 heavy (non-hydrogen) atoms. The SMILES string of the molecule is C=CCOC(=O)C1=C(C)Nc2nc(SCC(C)C)[nH]c(=O)c2[C@@H]1c1sccc1C. The van der Waals surface area contributed by atoms with Crippen molar-refractivity contribution >= 4 is 34.9 Å². The highest BCUT2D eigenvalue weighted by Crippen LogP contribution is 2.43. The van der Waals surface area contributed by atoms with Gasteiger partial charge in [0.25, 0.3) is 5.56 Å². The molecule has 8 heteroatoms. The van der Waals surface area contributed by atoms with Crippen LogP contribution in [0.1, 0.15) is 42.7 Å². The van der Waals surface area contributed by atoms with Crippen LogP contribution in [-0.2, 0) is 9.53 Å². The van der Waals surface area contributed by atoms with Crippen molar-refractivity contribution in [1.29, 1.82) is 0 Å². The van der Waals surface area contributed by atoms with E-state index in [9.17, 15) is 9.59 Å². The number of hydrogen-bond donors (Lipinski definition) is 2. The number of aromatic nitrogens is 2. The van der Waals surface area contributed by atoms with E-state index in [-0.39, 0.29) is 12.2 Å². The monoisotopic (exact) mass is 431 g/mol. The van der Waals surface area contributed by atoms with Gasteiger partial charge in [0.1, 0.15) is 12.4 Å². The first-order valence-electron chi connectivity index (χ1n) is 9.40. The summed E-state index contributed by atoms with van der Waals surface area (Å²) in [5.41, 5.74) is 2.29. The number of thioether (sulfide) groups is 1. The number of fused-ring (bicyclic) bond motifs is 1. The van der Waals surface area contributed by atoms with Gasteiger partial charge in [0, 0.05) is 16.3 Å². The molecule has 0 saturated heterocycles. The summed E-state index contributed by atoms with van der Waals surface area (Å²) in [6, 6.07) is 1.98. The minimum absolute atomic E-state index is 0.109. The fourth-order valence-electron chi connectivity index (χ4n) is 3.17. The van der Waals surface area contributed by atoms with Crippen molar-refractivity contribution in [3.05, 3.63) is 61.7 Å². The maximum Gasteiger partial charge on any atom is 0.337 e. The number of nitrogens with zero attached hydrogens (tertiary/aromatic N) is 1. The quantitative estimate of drug-likeness (QED) is 0.292. The van der Waals surface area contributed by atoms with Crippen molar-refractivity contribution in [2.24, 2.45) is 5.92 Å². The molecule has 3 heterocycles. The number of hydrogen-bond acceptors (Lipinski definition) is 7. The molecule has 0 radical (unpaired) electrons. The van der Waals surface area contributed by atoms with Gasteiger partial charge in [0.2, 0.25) is 0 Å². The fourth-order valence-corrected chi connectivity index (χ4v) is 5.03. The van der Waals surface area contributed by atoms with Crippen LogP contribution in [-0.4, -0.2) is 28.3 Å². The molecule has 0 aliphatic carbocycles. The van der Waals surface area contributed by atoms with Crippen LogP contribution in [0.25, 0.3) is 0 Å². The number of aromatic amines is 1. The van der Waals surface area contributed by atoms with Crippen molar-refractivity contribution in [3.63, 3.8) is 0 Å². The van der Waals surface area contributed by atoms with Crippen LogP contribution >= 0.6 is 23.1 Å². The van der Waals surface area contributed by atoms with Crippen LogP contribution < -0.4 is 10.9 Å². The first-order valence-corrected chi connectivity index (χ1v) is 11.3. The number of thiophene rings is 1. The zero-order chi connectivity index (χ0) is 21.1. The average Bonchev–Trinajstić information content (AvgIpc) is 3.08. The van der Waals surface area contributed by atoms with Crippen molar-refractivity contribution < 1.29 is 9.53 Å². The number of aryl methyl sites for hydroxylation is 1. The molecule has 2 aromatic rings. The first kappa shape index (κ1) is 21.4. The van der Waals surface area contributed by atoms with E-state index in [4.69, 9.17) is 4.74 Å². The molecule has 3 rings (SSSR count). The molecular weight excluding hydrogens is 406 g/mol. The van der Waals surface area contributed by atoms with Crippen LogP contribution in [0.5, 0.6) is 0 Å². The van der Waals surface area contributed by atoms with Crippen LogP contribution in [0.15, 0.2) is 45.3 Å². The summed E-state index contributed by atoms with van der Waals surface area (Å²) in [6.45, 7) is 11.7. The van der Waals surface area contributed by atoms with Crippen molar-refractivity contribution in [3.8, 4) is 0 Å². The zero-order valence-corrected chi connectivity index (χ0v) is 18.6. The Balaban J connectivity index is 2.13. The highest BCUT2D eigenvalue weighted by molar-refractivity contribution is 7.99. The normalized spacial score (nSPS) is 15.8. The number of anilines is 1. The van der Waals surface area contributed by atoms with E-state index in [1.807, 2.05) is 25.3 Å². The largest absolute Gasteiger partial charge is 0.458 e. The summed E-state index contributed by atoms with van der Waals surface area (Å²) in [7, 11) is 0. The van der Waals surface area contributed by atoms with Crippen molar-refractivity contribution in [1.82, 2.24) is 9.97 Å². The van der Waals surface area contributed by atoms with Gasteiger partial charge in [-0.25, -0.2) is 9.78 Å². The molecule has 0 unspecified atom stereocenters. The Morgan fingerprint density at radius 3 is 2.83 bits per heavy atom. The number of rotatable bonds is 7. The Morgan fingerprint density at radius 2 is 2.21 bits per heavy atom. The van der Waals surface area contributed by atoms with Gasteiger partial charge >= 0.3 is 5.97 Å². The zero-order valence-electron chi connectivity index (χ0n) is 17.0. The second-order valence-corrected chi connectivity index (χ2v) is 9.25. The lowest BCUT2D eigenvalue weighted by Gasteiger charge is -2.28. The van der Waals surface area contributed by atoms with E-state index in [1.54, 1.807) is 0 Å². The van der Waals surface area contributed by atoms with Crippen LogP contribution in [0.2, 0.25) is 0 Å². The van der Waals surface area contributed by atoms with E-state index in [0.29, 0.717) is 33.7 Å². The average molecular weight is 432 g/mol. The van der Waals surface area contributed by atoms with E-state index < -0.39 is 11.9 Å². The summed E-state index contributed by atoms with van der Waals surface area (Å²) in [5.74, 6) is 0.836. The molecule has 0 saturated carbocycles. The van der Waals surface area contributed by atoms with Gasteiger partial charge in [0.15, 0.2) is 5.16 Å². The minimum Gasteiger partial charge on any atom is -0.458 e. The molecule has 0 aromatic carbocycles. The second-order valence-electron chi connectivity index (χ2n) is 7.29. The molecule has 154 valence electrons. The van der Waals surface area contributed by atoms with Gasteiger partial charge in [-0.15, -0.1) is 11.3 Å². The number of nitrogens with one attached hydrogen (secondary N) is 2. The lowest BCUT2D eigenvalue weighted by atomic mass is 9.85. The molecule has 0 amide bonds. The molecule has 6 nitrogen and oxygen atoms in total. The van der Waals surface area contributed by atoms with Gasteiger partial charge in [-0.05, 0) is 36.8 Å². The standard InChI is InChI=1S/C21H25N3O3S2/c1-6-8-27-20(26)14-13(5)22-18-16(15(14)17-12(4)7-9-28-17)19(25)24-21(23-18)29-10-11(2)3/h6-7,9,11,15H,1,8,10H2,2-5H3,(H2,22,23,24,25)/t15-/m1/s1. The van der Waals surface area contributed by atoms with Crippen molar-refractivity contribution in [2.75, 3.05) is 17.7 Å². The molecule has 1 aliphatic rings. The molecule has 0 spiro atoms. The highest BCUT2D eigenvalue weighted by Gasteiger charge is 2.37. The Morgan fingerprint density at radius 1 is 1.45 bits per heavy atom. The summed E-state index contributed by atoms with van der Waals surface area (Å²) in [5, 5.41) is 5.69. The molecule has 2 aromatic heterocycles. The third-order valence-corrected chi connectivity index (χ3v) is 6.87. The predicted octanol–water partition coefficient (Wildman–Crippen LogP) is 4.45. The van der Waals surface area contributed by atoms with E-state index in [0.717, 1.165) is 16.2 Å². The second kappa shape index (κ2) is 9.00. The Labute approximate surface area is 178 Å². The van der Waals surface area contributed by atoms with Crippen molar-refractivity contribution in [2.45, 2.75) is 38.8 Å². The molecule has 0 fully saturated rings. The third-order valence-electron chi connectivity index (χ3n) is 4.49. The van der Waals surface area contributed by atoms with Gasteiger partial charge in [-0.3, -0.25) is 4.79 Å². The molecular formula is C21H25N3O3S2. The topological polar surface area (TPSA) is 84.1 Å². The van der Waals surface area contributed by atoms with Gasteiger partial charge in [0.05, 0.1) is 17.1 Å². The van der Waals surface area contributed by atoms with E-state index in [2.05, 4.69) is 35.7 Å². The van der Waals surface area contributed by atoms with Crippen LogP contribution in [0.3, 0.4) is 0 Å². The van der Waals surface area contributed by atoms with Crippen LogP contribution in [0, 0.1) is 12.8 Å². The maximum atomic E-state index is 13.1. The number of H-pyrrole nitrogens is 1. The Bertz CT molecular complexity index is 1020. The lowest BCUT2D eigenvalue weighted by molar-refractivity contribution is -0.138. The van der Waals surface area contributed by atoms with Gasteiger partial charge in [-0.2, -0.15) is 0 Å². The molecule has 1 atom stereocenters. The smallest absolute Gasteiger partial charge is 0.337 e.